The molecule has 18 heavy (non-hydrogen) atoms. The van der Waals surface area contributed by atoms with Gasteiger partial charge in [0.05, 0.1) is 19.8 Å². The van der Waals surface area contributed by atoms with Crippen molar-refractivity contribution in [2.24, 2.45) is 0 Å². The van der Waals surface area contributed by atoms with Crippen molar-refractivity contribution < 1.29 is 24.2 Å². The number of aromatic carboxylic acids is 1. The second-order valence-corrected chi connectivity index (χ2v) is 4.02. The quantitative estimate of drug-likeness (QED) is 0.714. The van der Waals surface area contributed by atoms with Crippen LogP contribution in [0.4, 0.5) is 0 Å². The highest BCUT2D eigenvalue weighted by molar-refractivity contribution is 5.86. The fourth-order valence-corrected chi connectivity index (χ4v) is 1.69. The lowest BCUT2D eigenvalue weighted by molar-refractivity contribution is 0.0655. The number of rotatable bonds is 8. The minimum absolute atomic E-state index is 0.0271. The number of aliphatic hydroxyl groups excluding tert-OH is 1. The number of ether oxygens (including phenoxy) is 1. The van der Waals surface area contributed by atoms with E-state index in [1.807, 2.05) is 4.90 Å². The molecule has 0 saturated carbocycles. The molecule has 0 radical (unpaired) electrons. The van der Waals surface area contributed by atoms with E-state index in [2.05, 4.69) is 0 Å². The molecule has 1 aromatic heterocycles. The van der Waals surface area contributed by atoms with Crippen molar-refractivity contribution in [1.82, 2.24) is 4.90 Å². The molecule has 0 aliphatic carbocycles. The Kier molecular flexibility index (Phi) is 5.84. The number of hydrogen-bond donors (Lipinski definition) is 2. The summed E-state index contributed by atoms with van der Waals surface area (Å²) in [6.07, 6.45) is 0. The van der Waals surface area contributed by atoms with Gasteiger partial charge in [-0.15, -0.1) is 0 Å². The molecule has 6 nitrogen and oxygen atoms in total. The average molecular weight is 257 g/mol. The molecule has 0 aromatic carbocycles. The third kappa shape index (κ3) is 4.14. The van der Waals surface area contributed by atoms with Crippen molar-refractivity contribution in [3.8, 4) is 0 Å². The van der Waals surface area contributed by atoms with E-state index in [1.54, 1.807) is 20.1 Å². The van der Waals surface area contributed by atoms with E-state index in [9.17, 15) is 4.79 Å². The van der Waals surface area contributed by atoms with E-state index in [4.69, 9.17) is 19.4 Å². The SMILES string of the molecule is COCCN(CCO)Cc1cc(C)c(C(=O)O)o1. The van der Waals surface area contributed by atoms with Gasteiger partial charge in [0.15, 0.2) is 0 Å². The van der Waals surface area contributed by atoms with Gasteiger partial charge in [0.25, 0.3) is 0 Å². The first-order valence-electron chi connectivity index (χ1n) is 5.73. The predicted molar refractivity (Wildman–Crippen MR) is 64.6 cm³/mol. The zero-order chi connectivity index (χ0) is 13.5. The number of hydrogen-bond acceptors (Lipinski definition) is 5. The van der Waals surface area contributed by atoms with Crippen molar-refractivity contribution in [2.75, 3.05) is 33.4 Å². The fourth-order valence-electron chi connectivity index (χ4n) is 1.69. The van der Waals surface area contributed by atoms with Gasteiger partial charge in [0, 0.05) is 25.8 Å². The first kappa shape index (κ1) is 14.7. The zero-order valence-electron chi connectivity index (χ0n) is 10.7. The Balaban J connectivity index is 2.68. The van der Waals surface area contributed by atoms with Crippen LogP contribution in [0.15, 0.2) is 10.5 Å². The Bertz CT molecular complexity index is 388. The van der Waals surface area contributed by atoms with Crippen molar-refractivity contribution >= 4 is 5.97 Å². The number of furan rings is 1. The number of methoxy groups -OCH3 is 1. The molecule has 6 heteroatoms. The predicted octanol–water partition coefficient (Wildman–Crippen LogP) is 0.727. The maximum Gasteiger partial charge on any atom is 0.372 e. The molecule has 102 valence electrons. The average Bonchev–Trinajstić information content (AvgIpc) is 2.67. The van der Waals surface area contributed by atoms with Gasteiger partial charge in [-0.3, -0.25) is 4.90 Å². The highest BCUT2D eigenvalue weighted by atomic mass is 16.5. The van der Waals surface area contributed by atoms with E-state index < -0.39 is 5.97 Å². The first-order chi connectivity index (χ1) is 8.58. The maximum atomic E-state index is 10.9. The van der Waals surface area contributed by atoms with Crippen LogP contribution in [0, 0.1) is 6.92 Å². The first-order valence-corrected chi connectivity index (χ1v) is 5.73. The second-order valence-electron chi connectivity index (χ2n) is 4.02. The van der Waals surface area contributed by atoms with E-state index in [1.165, 1.54) is 0 Å². The van der Waals surface area contributed by atoms with Gasteiger partial charge in [0.2, 0.25) is 5.76 Å². The van der Waals surface area contributed by atoms with Gasteiger partial charge < -0.3 is 19.4 Å². The summed E-state index contributed by atoms with van der Waals surface area (Å²) in [6, 6.07) is 1.71. The summed E-state index contributed by atoms with van der Waals surface area (Å²) >= 11 is 0. The van der Waals surface area contributed by atoms with Crippen LogP contribution in [-0.2, 0) is 11.3 Å². The van der Waals surface area contributed by atoms with Crippen LogP contribution in [0.25, 0.3) is 0 Å². The molecule has 0 amide bonds. The van der Waals surface area contributed by atoms with Crippen LogP contribution in [-0.4, -0.2) is 54.5 Å². The van der Waals surface area contributed by atoms with Gasteiger partial charge in [-0.1, -0.05) is 0 Å². The summed E-state index contributed by atoms with van der Waals surface area (Å²) in [5, 5.41) is 17.8. The minimum atomic E-state index is -1.07. The molecule has 0 saturated heterocycles. The number of aryl methyl sites for hydroxylation is 1. The standard InChI is InChI=1S/C12H19NO5/c1-9-7-10(18-11(9)12(15)16)8-13(3-5-14)4-6-17-2/h7,14H,3-6,8H2,1-2H3,(H,15,16). The van der Waals surface area contributed by atoms with Gasteiger partial charge in [-0.05, 0) is 13.0 Å². The van der Waals surface area contributed by atoms with Crippen molar-refractivity contribution in [3.63, 3.8) is 0 Å². The Labute approximate surface area is 106 Å². The van der Waals surface area contributed by atoms with Gasteiger partial charge in [-0.25, -0.2) is 4.79 Å². The van der Waals surface area contributed by atoms with Crippen LogP contribution < -0.4 is 0 Å². The monoisotopic (exact) mass is 257 g/mol. The molecule has 0 aliphatic rings. The van der Waals surface area contributed by atoms with Gasteiger partial charge in [0.1, 0.15) is 5.76 Å². The maximum absolute atomic E-state index is 10.9. The Morgan fingerprint density at radius 3 is 2.72 bits per heavy atom. The number of aliphatic hydroxyl groups is 1. The van der Waals surface area contributed by atoms with Crippen LogP contribution >= 0.6 is 0 Å². The van der Waals surface area contributed by atoms with Gasteiger partial charge >= 0.3 is 5.97 Å². The summed E-state index contributed by atoms with van der Waals surface area (Å²) < 4.78 is 10.2. The minimum Gasteiger partial charge on any atom is -0.475 e. The third-order valence-electron chi connectivity index (χ3n) is 2.57. The highest BCUT2D eigenvalue weighted by Gasteiger charge is 2.16. The summed E-state index contributed by atoms with van der Waals surface area (Å²) in [5.74, 6) is -0.514. The largest absolute Gasteiger partial charge is 0.475 e. The second kappa shape index (κ2) is 7.15. The molecule has 1 heterocycles. The van der Waals surface area contributed by atoms with Gasteiger partial charge in [-0.2, -0.15) is 0 Å². The van der Waals surface area contributed by atoms with Crippen molar-refractivity contribution in [3.05, 3.63) is 23.2 Å². The molecule has 0 aliphatic heterocycles. The molecule has 0 spiro atoms. The third-order valence-corrected chi connectivity index (χ3v) is 2.57. The lowest BCUT2D eigenvalue weighted by Crippen LogP contribution is -2.29. The molecule has 0 bridgehead atoms. The number of carboxylic acids is 1. The van der Waals surface area contributed by atoms with E-state index in [0.29, 0.717) is 37.6 Å². The van der Waals surface area contributed by atoms with Crippen molar-refractivity contribution in [1.29, 1.82) is 0 Å². The van der Waals surface area contributed by atoms with Crippen LogP contribution in [0.1, 0.15) is 21.9 Å². The van der Waals surface area contributed by atoms with Crippen molar-refractivity contribution in [2.45, 2.75) is 13.5 Å². The molecular weight excluding hydrogens is 238 g/mol. The molecule has 1 aromatic rings. The topological polar surface area (TPSA) is 83.1 Å². The molecule has 0 unspecified atom stereocenters. The smallest absolute Gasteiger partial charge is 0.372 e. The summed E-state index contributed by atoms with van der Waals surface area (Å²) in [5.41, 5.74) is 0.605. The van der Waals surface area contributed by atoms with E-state index in [-0.39, 0.29) is 12.4 Å². The fraction of sp³-hybridized carbons (Fsp3) is 0.583. The molecule has 2 N–H and O–H groups in total. The van der Waals surface area contributed by atoms with Crippen LogP contribution in [0.3, 0.4) is 0 Å². The zero-order valence-corrected chi connectivity index (χ0v) is 10.7. The number of carboxylic acid groups (broad SMARTS) is 1. The number of carbonyl (C=O) groups is 1. The van der Waals surface area contributed by atoms with Crippen LogP contribution in [0.2, 0.25) is 0 Å². The Morgan fingerprint density at radius 1 is 1.50 bits per heavy atom. The normalized spacial score (nSPS) is 11.1. The summed E-state index contributed by atoms with van der Waals surface area (Å²) in [7, 11) is 1.61. The molecule has 0 fully saturated rings. The van der Waals surface area contributed by atoms with E-state index >= 15 is 0 Å². The Hall–Kier alpha value is -1.37. The lowest BCUT2D eigenvalue weighted by atomic mass is 10.2. The lowest BCUT2D eigenvalue weighted by Gasteiger charge is -2.19. The highest BCUT2D eigenvalue weighted by Crippen LogP contribution is 2.16. The Morgan fingerprint density at radius 2 is 2.22 bits per heavy atom. The molecule has 1 rings (SSSR count). The summed E-state index contributed by atoms with van der Waals surface area (Å²) in [6.45, 7) is 3.88. The molecular formula is C12H19NO5. The molecule has 0 atom stereocenters. The van der Waals surface area contributed by atoms with Crippen LogP contribution in [0.5, 0.6) is 0 Å². The van der Waals surface area contributed by atoms with E-state index in [0.717, 1.165) is 0 Å². The summed E-state index contributed by atoms with van der Waals surface area (Å²) in [4.78, 5) is 12.8. The number of nitrogens with zero attached hydrogens (tertiary/aromatic N) is 1.